The Morgan fingerprint density at radius 2 is 1.73 bits per heavy atom. The van der Waals surface area contributed by atoms with Crippen LogP contribution in [0.1, 0.15) is 6.92 Å². The van der Waals surface area contributed by atoms with E-state index in [9.17, 15) is 8.42 Å². The van der Waals surface area contributed by atoms with Crippen molar-refractivity contribution in [3.8, 4) is 0 Å². The molecule has 0 atom stereocenters. The first kappa shape index (κ1) is 17.0. The van der Waals surface area contributed by atoms with E-state index in [1.54, 1.807) is 6.92 Å². The first-order valence-corrected chi connectivity index (χ1v) is 3.57. The average molecular weight is 190 g/mol. The van der Waals surface area contributed by atoms with Crippen LogP contribution in [0, 0.1) is 0 Å². The maximum Gasteiger partial charge on any atom is 0.426 e. The van der Waals surface area contributed by atoms with Crippen LogP contribution < -0.4 is 12.3 Å². The molecule has 0 saturated carbocycles. The molecule has 0 heterocycles. The molecule has 0 amide bonds. The van der Waals surface area contributed by atoms with Gasteiger partial charge in [0.2, 0.25) is 0 Å². The molecule has 6 N–H and O–H groups in total. The zero-order valence-corrected chi connectivity index (χ0v) is 7.39. The highest BCUT2D eigenvalue weighted by atomic mass is 32.3. The monoisotopic (exact) mass is 190 g/mol. The van der Waals surface area contributed by atoms with Gasteiger partial charge in [0.05, 0.1) is 13.7 Å². The molecule has 0 aliphatic carbocycles. The molecule has 11 heavy (non-hydrogen) atoms. The van der Waals surface area contributed by atoms with Gasteiger partial charge in [0.15, 0.2) is 0 Å². The van der Waals surface area contributed by atoms with E-state index in [0.717, 1.165) is 7.11 Å². The van der Waals surface area contributed by atoms with E-state index in [1.165, 1.54) is 0 Å². The van der Waals surface area contributed by atoms with Crippen molar-refractivity contribution in [2.24, 2.45) is 0 Å². The van der Waals surface area contributed by atoms with Crippen LogP contribution in [-0.4, -0.2) is 22.1 Å². The Hall–Kier alpha value is -0.250. The topological polar surface area (TPSA) is 132 Å². The molecule has 0 bridgehead atoms. The molecule has 0 rings (SSSR count). The molecule has 0 radical (unpaired) electrons. The SMILES string of the molecule is CCOOS(=O)(=O)OC.N.N. The fourth-order valence-corrected chi connectivity index (χ4v) is 0.404. The number of hydrogen-bond acceptors (Lipinski definition) is 7. The van der Waals surface area contributed by atoms with E-state index in [-0.39, 0.29) is 18.9 Å². The maximum absolute atomic E-state index is 10.2. The van der Waals surface area contributed by atoms with Gasteiger partial charge >= 0.3 is 10.4 Å². The molecular formula is C3H14N2O5S. The molecule has 0 aromatic carbocycles. The van der Waals surface area contributed by atoms with Crippen molar-refractivity contribution in [2.75, 3.05) is 13.7 Å². The third kappa shape index (κ3) is 9.75. The summed E-state index contributed by atoms with van der Waals surface area (Å²) in [7, 11) is -2.92. The highest BCUT2D eigenvalue weighted by Gasteiger charge is 2.07. The minimum Gasteiger partial charge on any atom is -0.344 e. The summed E-state index contributed by atoms with van der Waals surface area (Å²) in [6.07, 6.45) is 0. The predicted octanol–water partition coefficient (Wildman–Crippen LogP) is 0.170. The summed E-state index contributed by atoms with van der Waals surface area (Å²) in [5.41, 5.74) is 0. The first-order valence-electron chi connectivity index (χ1n) is 2.24. The van der Waals surface area contributed by atoms with Crippen molar-refractivity contribution >= 4 is 10.4 Å². The van der Waals surface area contributed by atoms with Crippen molar-refractivity contribution in [1.29, 1.82) is 0 Å². The predicted molar refractivity (Wildman–Crippen MR) is 38.7 cm³/mol. The minimum absolute atomic E-state index is 0. The van der Waals surface area contributed by atoms with Crippen LogP contribution in [0.3, 0.4) is 0 Å². The Morgan fingerprint density at radius 1 is 1.27 bits per heavy atom. The molecule has 72 valence electrons. The summed E-state index contributed by atoms with van der Waals surface area (Å²) >= 11 is 0. The van der Waals surface area contributed by atoms with Gasteiger partial charge in [0, 0.05) is 0 Å². The van der Waals surface area contributed by atoms with Crippen LogP contribution in [0.2, 0.25) is 0 Å². The van der Waals surface area contributed by atoms with Crippen molar-refractivity contribution in [2.45, 2.75) is 6.92 Å². The normalized spacial score (nSPS) is 9.64. The summed E-state index contributed by atoms with van der Waals surface area (Å²) < 4.78 is 28.0. The molecule has 0 unspecified atom stereocenters. The Morgan fingerprint density at radius 3 is 2.00 bits per heavy atom. The second-order valence-corrected chi connectivity index (χ2v) is 2.34. The second kappa shape index (κ2) is 7.85. The first-order chi connectivity index (χ1) is 4.12. The van der Waals surface area contributed by atoms with Gasteiger partial charge in [-0.15, -0.1) is 0 Å². The van der Waals surface area contributed by atoms with Gasteiger partial charge in [-0.05, 0) is 6.92 Å². The lowest BCUT2D eigenvalue weighted by molar-refractivity contribution is -0.204. The maximum atomic E-state index is 10.2. The smallest absolute Gasteiger partial charge is 0.344 e. The Balaban J connectivity index is -0.000000320. The van der Waals surface area contributed by atoms with Crippen LogP contribution in [-0.2, 0) is 23.8 Å². The van der Waals surface area contributed by atoms with E-state index < -0.39 is 10.4 Å². The lowest BCUT2D eigenvalue weighted by atomic mass is 10.9. The van der Waals surface area contributed by atoms with E-state index in [1.807, 2.05) is 0 Å². The molecule has 8 heteroatoms. The molecule has 0 aromatic heterocycles. The van der Waals surface area contributed by atoms with Crippen molar-refractivity contribution in [3.63, 3.8) is 0 Å². The summed E-state index contributed by atoms with van der Waals surface area (Å²) in [5, 5.41) is 0. The van der Waals surface area contributed by atoms with E-state index in [0.29, 0.717) is 0 Å². The quantitative estimate of drug-likeness (QED) is 0.476. The lowest BCUT2D eigenvalue weighted by Gasteiger charge is -1.97. The van der Waals surface area contributed by atoms with Crippen LogP contribution in [0.4, 0.5) is 0 Å². The third-order valence-corrected chi connectivity index (χ3v) is 1.12. The van der Waals surface area contributed by atoms with Gasteiger partial charge in [-0.1, -0.05) is 4.33 Å². The van der Waals surface area contributed by atoms with Crippen molar-refractivity contribution < 1.29 is 21.8 Å². The highest BCUT2D eigenvalue weighted by molar-refractivity contribution is 7.81. The molecule has 0 aromatic rings. The number of hydrogen-bond donors (Lipinski definition) is 2. The summed E-state index contributed by atoms with van der Waals surface area (Å²) in [6, 6.07) is 0. The average Bonchev–Trinajstić information content (AvgIpc) is 1.84. The van der Waals surface area contributed by atoms with Crippen LogP contribution in [0.15, 0.2) is 0 Å². The Labute approximate surface area is 66.1 Å². The zero-order valence-electron chi connectivity index (χ0n) is 6.57. The van der Waals surface area contributed by atoms with E-state index in [2.05, 4.69) is 13.4 Å². The van der Waals surface area contributed by atoms with Crippen LogP contribution >= 0.6 is 0 Å². The van der Waals surface area contributed by atoms with Gasteiger partial charge in [0.25, 0.3) is 0 Å². The number of rotatable bonds is 4. The molecule has 0 saturated heterocycles. The zero-order chi connectivity index (χ0) is 7.33. The highest BCUT2D eigenvalue weighted by Crippen LogP contribution is 1.92. The largest absolute Gasteiger partial charge is 0.426 e. The van der Waals surface area contributed by atoms with Gasteiger partial charge in [-0.2, -0.15) is 8.42 Å². The fourth-order valence-electron chi connectivity index (χ4n) is 0.135. The molecule has 0 spiro atoms. The minimum atomic E-state index is -3.90. The molecule has 0 aliphatic heterocycles. The second-order valence-electron chi connectivity index (χ2n) is 1.05. The molecule has 7 nitrogen and oxygen atoms in total. The molecular weight excluding hydrogens is 176 g/mol. The molecule has 0 aliphatic rings. The van der Waals surface area contributed by atoms with Crippen LogP contribution in [0.5, 0.6) is 0 Å². The van der Waals surface area contributed by atoms with Gasteiger partial charge in [-0.3, -0.25) is 0 Å². The van der Waals surface area contributed by atoms with Gasteiger partial charge in [0.1, 0.15) is 0 Å². The van der Waals surface area contributed by atoms with Crippen molar-refractivity contribution in [3.05, 3.63) is 0 Å². The lowest BCUT2D eigenvalue weighted by Crippen LogP contribution is -2.07. The van der Waals surface area contributed by atoms with E-state index >= 15 is 0 Å². The summed E-state index contributed by atoms with van der Waals surface area (Å²) in [4.78, 5) is 4.08. The van der Waals surface area contributed by atoms with Crippen molar-refractivity contribution in [1.82, 2.24) is 12.3 Å². The summed E-state index contributed by atoms with van der Waals surface area (Å²) in [5.74, 6) is 0. The van der Waals surface area contributed by atoms with E-state index in [4.69, 9.17) is 0 Å². The fraction of sp³-hybridized carbons (Fsp3) is 1.00. The van der Waals surface area contributed by atoms with Crippen LogP contribution in [0.25, 0.3) is 0 Å². The van der Waals surface area contributed by atoms with Gasteiger partial charge in [-0.25, -0.2) is 9.07 Å². The Kier molecular flexibility index (Phi) is 12.1. The standard InChI is InChI=1S/C3H8O5S.2H3N/c1-3-7-8-9(4,5)6-2;;/h3H2,1-2H3;2*1H3. The molecule has 0 fully saturated rings. The Bertz CT molecular complexity index is 155. The summed E-state index contributed by atoms with van der Waals surface area (Å²) in [6.45, 7) is 1.74. The van der Waals surface area contributed by atoms with Gasteiger partial charge < -0.3 is 12.3 Å². The third-order valence-electron chi connectivity index (χ3n) is 0.453.